The van der Waals surface area contributed by atoms with Crippen molar-refractivity contribution in [2.75, 3.05) is 26.3 Å². The lowest BCUT2D eigenvalue weighted by molar-refractivity contribution is -0.142. The summed E-state index contributed by atoms with van der Waals surface area (Å²) in [5.74, 6) is -1.08. The second kappa shape index (κ2) is 8.66. The van der Waals surface area contributed by atoms with Crippen LogP contribution in [0, 0.1) is 5.92 Å². The predicted molar refractivity (Wildman–Crippen MR) is 103 cm³/mol. The number of carboxylic acid groups (broad SMARTS) is 1. The van der Waals surface area contributed by atoms with Crippen LogP contribution < -0.4 is 11.5 Å². The molecule has 10 heteroatoms. The molecule has 0 aromatic carbocycles. The van der Waals surface area contributed by atoms with E-state index in [0.717, 1.165) is 12.8 Å². The van der Waals surface area contributed by atoms with E-state index in [1.54, 1.807) is 4.90 Å². The van der Waals surface area contributed by atoms with Crippen molar-refractivity contribution in [1.82, 2.24) is 9.88 Å². The van der Waals surface area contributed by atoms with Gasteiger partial charge in [-0.05, 0) is 18.8 Å². The molecule has 0 radical (unpaired) electrons. The molecule has 1 atom stereocenters. The Morgan fingerprint density at radius 1 is 1.41 bits per heavy atom. The lowest BCUT2D eigenvalue weighted by Crippen LogP contribution is -2.41. The highest BCUT2D eigenvalue weighted by atomic mass is 32.1. The van der Waals surface area contributed by atoms with Crippen LogP contribution in [0.3, 0.4) is 0 Å². The van der Waals surface area contributed by atoms with Crippen LogP contribution >= 0.6 is 11.3 Å². The van der Waals surface area contributed by atoms with Gasteiger partial charge in [0.25, 0.3) is 5.91 Å². The first-order valence-corrected chi connectivity index (χ1v) is 9.59. The number of aliphatic imine (C=N–C) groups is 1. The zero-order chi connectivity index (χ0) is 20.2. The van der Waals surface area contributed by atoms with Crippen LogP contribution in [0.2, 0.25) is 0 Å². The molecule has 2 heterocycles. The van der Waals surface area contributed by atoms with Crippen LogP contribution in [0.5, 0.6) is 0 Å². The van der Waals surface area contributed by atoms with Gasteiger partial charge in [-0.2, -0.15) is 4.99 Å². The van der Waals surface area contributed by atoms with Crippen LogP contribution in [0.25, 0.3) is 0 Å². The van der Waals surface area contributed by atoms with Gasteiger partial charge in [-0.15, -0.1) is 0 Å². The van der Waals surface area contributed by atoms with E-state index < -0.39 is 5.97 Å². The number of carboxylic acids is 1. The summed E-state index contributed by atoms with van der Waals surface area (Å²) in [6, 6.07) is 0. The molecule has 1 amide bonds. The Balaban J connectivity index is 2.17. The lowest BCUT2D eigenvalue weighted by Gasteiger charge is -2.32. The molecule has 0 saturated carbocycles. The predicted octanol–water partition coefficient (Wildman–Crippen LogP) is 1.30. The average Bonchev–Trinajstić information content (AvgIpc) is 2.97. The molecule has 1 unspecified atom stereocenters. The second-order valence-corrected chi connectivity index (χ2v) is 8.61. The van der Waals surface area contributed by atoms with Crippen molar-refractivity contribution in [1.29, 1.82) is 0 Å². The first-order valence-electron chi connectivity index (χ1n) is 8.77. The number of aliphatic carboxylic acids is 1. The average molecular weight is 398 g/mol. The number of carbonyl (C=O) groups excluding carboxylic acids is 1. The fourth-order valence-electron chi connectivity index (χ4n) is 2.96. The quantitative estimate of drug-likeness (QED) is 0.484. The zero-order valence-electron chi connectivity index (χ0n) is 15.9. The minimum Gasteiger partial charge on any atom is -0.480 e. The number of aromatic nitrogens is 1. The van der Waals surface area contributed by atoms with Crippen LogP contribution in [0.4, 0.5) is 5.13 Å². The standard InChI is InChI=1S/C17H27N5O4S/c1-17(2,3)13-12(27-16(20-13)21-15(18)19)14(25)22-6-4-5-10(7-22)8-26-9-11(23)24/h10H,4-9H2,1-3H3,(H,23,24)(H4,18,19,20,21). The molecular formula is C17H27N5O4S. The Bertz CT molecular complexity index is 721. The number of thiazole rings is 1. The Morgan fingerprint density at radius 2 is 2.11 bits per heavy atom. The van der Waals surface area contributed by atoms with Gasteiger partial charge >= 0.3 is 5.97 Å². The number of hydrogen-bond donors (Lipinski definition) is 3. The first kappa shape index (κ1) is 21.1. The Morgan fingerprint density at radius 3 is 2.70 bits per heavy atom. The summed E-state index contributed by atoms with van der Waals surface area (Å²) < 4.78 is 5.20. The van der Waals surface area contributed by atoms with Crippen molar-refractivity contribution in [3.05, 3.63) is 10.6 Å². The van der Waals surface area contributed by atoms with Crippen LogP contribution in [-0.2, 0) is 14.9 Å². The van der Waals surface area contributed by atoms with Gasteiger partial charge in [0, 0.05) is 18.5 Å². The highest BCUT2D eigenvalue weighted by Gasteiger charge is 2.32. The maximum absolute atomic E-state index is 13.1. The third-order valence-electron chi connectivity index (χ3n) is 4.13. The molecule has 1 aliphatic heterocycles. The zero-order valence-corrected chi connectivity index (χ0v) is 16.7. The Hall–Kier alpha value is -2.20. The molecular weight excluding hydrogens is 370 g/mol. The smallest absolute Gasteiger partial charge is 0.329 e. The molecule has 1 aromatic rings. The summed E-state index contributed by atoms with van der Waals surface area (Å²) >= 11 is 1.18. The van der Waals surface area contributed by atoms with Gasteiger partial charge in [0.05, 0.1) is 12.3 Å². The normalized spacial score (nSPS) is 17.6. The minimum atomic E-state index is -0.995. The molecule has 1 saturated heterocycles. The van der Waals surface area contributed by atoms with Crippen LogP contribution in [0.15, 0.2) is 4.99 Å². The number of likely N-dealkylation sites (tertiary alicyclic amines) is 1. The summed E-state index contributed by atoms with van der Waals surface area (Å²) in [6.45, 7) is 7.12. The van der Waals surface area contributed by atoms with Crippen molar-refractivity contribution in [2.24, 2.45) is 22.4 Å². The second-order valence-electron chi connectivity index (χ2n) is 7.63. The molecule has 27 heavy (non-hydrogen) atoms. The van der Waals surface area contributed by atoms with Crippen molar-refractivity contribution < 1.29 is 19.4 Å². The number of ether oxygens (including phenoxy) is 1. The maximum atomic E-state index is 13.1. The van der Waals surface area contributed by atoms with Gasteiger partial charge in [-0.1, -0.05) is 32.1 Å². The molecule has 1 aliphatic rings. The molecule has 1 fully saturated rings. The maximum Gasteiger partial charge on any atom is 0.329 e. The topological polar surface area (TPSA) is 144 Å². The number of nitrogens with zero attached hydrogens (tertiary/aromatic N) is 3. The molecule has 9 nitrogen and oxygen atoms in total. The number of guanidine groups is 1. The van der Waals surface area contributed by atoms with Gasteiger partial charge in [0.1, 0.15) is 11.5 Å². The van der Waals surface area contributed by atoms with Crippen molar-refractivity contribution >= 4 is 34.3 Å². The van der Waals surface area contributed by atoms with Crippen molar-refractivity contribution in [3.63, 3.8) is 0 Å². The van der Waals surface area contributed by atoms with Crippen LogP contribution in [-0.4, -0.2) is 59.1 Å². The molecule has 5 N–H and O–H groups in total. The van der Waals surface area contributed by atoms with E-state index in [2.05, 4.69) is 9.98 Å². The summed E-state index contributed by atoms with van der Waals surface area (Å²) in [7, 11) is 0. The molecule has 0 spiro atoms. The summed E-state index contributed by atoms with van der Waals surface area (Å²) in [5.41, 5.74) is 11.2. The Kier molecular flexibility index (Phi) is 6.77. The number of rotatable bonds is 6. The highest BCUT2D eigenvalue weighted by Crippen LogP contribution is 2.35. The number of nitrogens with two attached hydrogens (primary N) is 2. The van der Waals surface area contributed by atoms with E-state index >= 15 is 0 Å². The molecule has 0 aliphatic carbocycles. The van der Waals surface area contributed by atoms with Crippen molar-refractivity contribution in [2.45, 2.75) is 39.0 Å². The molecule has 2 rings (SSSR count). The monoisotopic (exact) mass is 397 g/mol. The molecule has 1 aromatic heterocycles. The third kappa shape index (κ3) is 5.90. The van der Waals surface area contributed by atoms with E-state index in [9.17, 15) is 9.59 Å². The SMILES string of the molecule is CC(C)(C)c1nc(N=C(N)N)sc1C(=O)N1CCCC(COCC(=O)O)C1. The summed E-state index contributed by atoms with van der Waals surface area (Å²) in [5, 5.41) is 9.04. The van der Waals surface area contributed by atoms with E-state index in [0.29, 0.717) is 35.4 Å². The fourth-order valence-corrected chi connectivity index (χ4v) is 4.10. The lowest BCUT2D eigenvalue weighted by atomic mass is 9.90. The van der Waals surface area contributed by atoms with Gasteiger partial charge < -0.3 is 26.2 Å². The number of piperidine rings is 1. The van der Waals surface area contributed by atoms with Crippen LogP contribution in [0.1, 0.15) is 49.0 Å². The summed E-state index contributed by atoms with van der Waals surface area (Å²) in [6.07, 6.45) is 1.74. The van der Waals surface area contributed by atoms with Crippen molar-refractivity contribution in [3.8, 4) is 0 Å². The largest absolute Gasteiger partial charge is 0.480 e. The molecule has 150 valence electrons. The van der Waals surface area contributed by atoms with E-state index in [-0.39, 0.29) is 29.8 Å². The highest BCUT2D eigenvalue weighted by molar-refractivity contribution is 7.17. The van der Waals surface area contributed by atoms with Gasteiger partial charge in [-0.25, -0.2) is 9.78 Å². The minimum absolute atomic E-state index is 0.0996. The van der Waals surface area contributed by atoms with E-state index in [1.807, 2.05) is 20.8 Å². The Labute approximate surface area is 162 Å². The van der Waals surface area contributed by atoms with Gasteiger partial charge in [0.15, 0.2) is 5.96 Å². The fraction of sp³-hybridized carbons (Fsp3) is 0.647. The van der Waals surface area contributed by atoms with Gasteiger partial charge in [0.2, 0.25) is 5.13 Å². The summed E-state index contributed by atoms with van der Waals surface area (Å²) in [4.78, 5) is 34.5. The van der Waals surface area contributed by atoms with Gasteiger partial charge in [-0.3, -0.25) is 4.79 Å². The number of amides is 1. The van der Waals surface area contributed by atoms with E-state index in [1.165, 1.54) is 11.3 Å². The third-order valence-corrected chi connectivity index (χ3v) is 5.07. The number of hydrogen-bond acceptors (Lipinski definition) is 6. The number of carbonyl (C=O) groups is 2. The molecule has 0 bridgehead atoms. The van der Waals surface area contributed by atoms with E-state index in [4.69, 9.17) is 21.3 Å². The first-order chi connectivity index (χ1) is 12.6.